The van der Waals surface area contributed by atoms with Crippen molar-refractivity contribution < 1.29 is 14.4 Å². The summed E-state index contributed by atoms with van der Waals surface area (Å²) in [5.41, 5.74) is 3.11. The van der Waals surface area contributed by atoms with Gasteiger partial charge in [-0.3, -0.25) is 24.2 Å². The van der Waals surface area contributed by atoms with Gasteiger partial charge in [0.15, 0.2) is 5.13 Å². The van der Waals surface area contributed by atoms with E-state index in [1.54, 1.807) is 35.2 Å². The first-order valence-electron chi connectivity index (χ1n) is 9.92. The third kappa shape index (κ3) is 4.46. The Labute approximate surface area is 184 Å². The molecule has 1 aliphatic heterocycles. The zero-order valence-corrected chi connectivity index (χ0v) is 17.7. The molecule has 6 nitrogen and oxygen atoms in total. The number of rotatable bonds is 7. The van der Waals surface area contributed by atoms with E-state index in [-0.39, 0.29) is 37.1 Å². The molecular formula is C24H21N3O3S. The highest BCUT2D eigenvalue weighted by Crippen LogP contribution is 2.28. The van der Waals surface area contributed by atoms with Gasteiger partial charge in [0.1, 0.15) is 0 Å². The summed E-state index contributed by atoms with van der Waals surface area (Å²) in [6.07, 6.45) is 2.20. The smallest absolute Gasteiger partial charge is 0.260 e. The lowest BCUT2D eigenvalue weighted by Crippen LogP contribution is -2.31. The minimum Gasteiger partial charge on any atom is -0.280 e. The van der Waals surface area contributed by atoms with Crippen molar-refractivity contribution in [3.63, 3.8) is 0 Å². The van der Waals surface area contributed by atoms with E-state index in [4.69, 9.17) is 0 Å². The number of likely N-dealkylation sites (tertiary alicyclic amines) is 1. The second-order valence-electron chi connectivity index (χ2n) is 7.16. The number of hydrogen-bond acceptors (Lipinski definition) is 5. The number of thiazole rings is 1. The van der Waals surface area contributed by atoms with E-state index in [2.05, 4.69) is 11.6 Å². The molecular weight excluding hydrogens is 410 g/mol. The number of amides is 3. The zero-order chi connectivity index (χ0) is 21.8. The van der Waals surface area contributed by atoms with Crippen LogP contribution < -0.4 is 4.90 Å². The SMILES string of the molecule is C=CCN(C(=O)c1ccc(CN2C(=O)CCC2=O)cc1)c1nc(-c2ccccc2)cs1. The summed E-state index contributed by atoms with van der Waals surface area (Å²) in [5.74, 6) is -0.491. The van der Waals surface area contributed by atoms with Crippen molar-refractivity contribution in [3.8, 4) is 11.3 Å². The van der Waals surface area contributed by atoms with Gasteiger partial charge in [-0.05, 0) is 17.7 Å². The van der Waals surface area contributed by atoms with Gasteiger partial charge < -0.3 is 0 Å². The Bertz CT molecular complexity index is 1110. The summed E-state index contributed by atoms with van der Waals surface area (Å²) in [6.45, 7) is 4.33. The van der Waals surface area contributed by atoms with E-state index in [9.17, 15) is 14.4 Å². The molecule has 0 saturated carbocycles. The Morgan fingerprint density at radius 2 is 1.74 bits per heavy atom. The quantitative estimate of drug-likeness (QED) is 0.413. The minimum atomic E-state index is -0.186. The van der Waals surface area contributed by atoms with Gasteiger partial charge in [0.2, 0.25) is 11.8 Å². The molecule has 1 saturated heterocycles. The van der Waals surface area contributed by atoms with E-state index < -0.39 is 0 Å². The summed E-state index contributed by atoms with van der Waals surface area (Å²) < 4.78 is 0. The first-order valence-corrected chi connectivity index (χ1v) is 10.8. The fourth-order valence-corrected chi connectivity index (χ4v) is 4.24. The normalized spacial score (nSPS) is 13.5. The largest absolute Gasteiger partial charge is 0.280 e. The van der Waals surface area contributed by atoms with Crippen LogP contribution in [0.15, 0.2) is 72.6 Å². The summed E-state index contributed by atoms with van der Waals surface area (Å²) in [4.78, 5) is 44.3. The highest BCUT2D eigenvalue weighted by molar-refractivity contribution is 7.14. The van der Waals surface area contributed by atoms with E-state index >= 15 is 0 Å². The van der Waals surface area contributed by atoms with Crippen LogP contribution in [0.2, 0.25) is 0 Å². The summed E-state index contributed by atoms with van der Waals surface area (Å²) in [6, 6.07) is 16.8. The van der Waals surface area contributed by atoms with Crippen molar-refractivity contribution in [2.45, 2.75) is 19.4 Å². The van der Waals surface area contributed by atoms with E-state index in [1.165, 1.54) is 16.2 Å². The van der Waals surface area contributed by atoms with Crippen LogP contribution in [0, 0.1) is 0 Å². The Morgan fingerprint density at radius 1 is 1.06 bits per heavy atom. The standard InChI is InChI=1S/C24H21N3O3S/c1-2-14-26(24-25-20(16-31-24)18-6-4-3-5-7-18)23(30)19-10-8-17(9-11-19)15-27-21(28)12-13-22(27)29/h2-11,16H,1,12-15H2. The molecule has 0 radical (unpaired) electrons. The number of hydrogen-bond donors (Lipinski definition) is 0. The summed E-state index contributed by atoms with van der Waals surface area (Å²) in [7, 11) is 0. The van der Waals surface area contributed by atoms with Crippen molar-refractivity contribution in [1.82, 2.24) is 9.88 Å². The maximum atomic E-state index is 13.2. The molecule has 3 amide bonds. The first kappa shape index (κ1) is 20.7. The molecule has 1 aromatic heterocycles. The molecule has 0 spiro atoms. The van der Waals surface area contributed by atoms with Crippen LogP contribution in [-0.2, 0) is 16.1 Å². The topological polar surface area (TPSA) is 70.6 Å². The molecule has 2 heterocycles. The lowest BCUT2D eigenvalue weighted by atomic mass is 10.1. The summed E-state index contributed by atoms with van der Waals surface area (Å²) >= 11 is 1.40. The number of carbonyl (C=O) groups is 3. The predicted molar refractivity (Wildman–Crippen MR) is 121 cm³/mol. The molecule has 7 heteroatoms. The molecule has 1 fully saturated rings. The van der Waals surface area contributed by atoms with Gasteiger partial charge in [-0.1, -0.05) is 48.5 Å². The molecule has 0 atom stereocenters. The van der Waals surface area contributed by atoms with Crippen LogP contribution >= 0.6 is 11.3 Å². The molecule has 2 aromatic carbocycles. The number of aromatic nitrogens is 1. The average Bonchev–Trinajstić information content (AvgIpc) is 3.41. The maximum Gasteiger partial charge on any atom is 0.260 e. The lowest BCUT2D eigenvalue weighted by molar-refractivity contribution is -0.139. The van der Waals surface area contributed by atoms with Gasteiger partial charge in [-0.25, -0.2) is 4.98 Å². The minimum absolute atomic E-state index is 0.152. The third-order valence-corrected chi connectivity index (χ3v) is 5.91. The molecule has 4 rings (SSSR count). The average molecular weight is 432 g/mol. The number of anilines is 1. The van der Waals surface area contributed by atoms with Crippen LogP contribution in [0.5, 0.6) is 0 Å². The van der Waals surface area contributed by atoms with Gasteiger partial charge in [0.05, 0.1) is 12.2 Å². The van der Waals surface area contributed by atoms with Crippen LogP contribution in [0.4, 0.5) is 5.13 Å². The zero-order valence-electron chi connectivity index (χ0n) is 16.9. The molecule has 0 N–H and O–H groups in total. The van der Waals surface area contributed by atoms with Crippen LogP contribution in [0.1, 0.15) is 28.8 Å². The molecule has 1 aliphatic rings. The highest BCUT2D eigenvalue weighted by Gasteiger charge is 2.28. The molecule has 0 aliphatic carbocycles. The van der Waals surface area contributed by atoms with Gasteiger partial charge >= 0.3 is 0 Å². The second kappa shape index (κ2) is 9.06. The van der Waals surface area contributed by atoms with Gasteiger partial charge in [-0.15, -0.1) is 17.9 Å². The van der Waals surface area contributed by atoms with Crippen molar-refractivity contribution in [2.75, 3.05) is 11.4 Å². The van der Waals surface area contributed by atoms with Crippen LogP contribution in [0.25, 0.3) is 11.3 Å². The van der Waals surface area contributed by atoms with Crippen molar-refractivity contribution in [2.24, 2.45) is 0 Å². The molecule has 156 valence electrons. The van der Waals surface area contributed by atoms with Crippen molar-refractivity contribution in [3.05, 3.63) is 83.8 Å². The Balaban J connectivity index is 1.52. The number of nitrogens with zero attached hydrogens (tertiary/aromatic N) is 3. The van der Waals surface area contributed by atoms with Gasteiger partial charge in [-0.2, -0.15) is 0 Å². The van der Waals surface area contributed by atoms with E-state index in [0.717, 1.165) is 16.8 Å². The molecule has 31 heavy (non-hydrogen) atoms. The number of imide groups is 1. The Kier molecular flexibility index (Phi) is 6.04. The van der Waals surface area contributed by atoms with Gasteiger partial charge in [0, 0.05) is 35.9 Å². The lowest BCUT2D eigenvalue weighted by Gasteiger charge is -2.19. The summed E-state index contributed by atoms with van der Waals surface area (Å²) in [5, 5.41) is 2.53. The van der Waals surface area contributed by atoms with Crippen molar-refractivity contribution >= 4 is 34.2 Å². The van der Waals surface area contributed by atoms with Crippen LogP contribution in [0.3, 0.4) is 0 Å². The van der Waals surface area contributed by atoms with E-state index in [0.29, 0.717) is 17.2 Å². The van der Waals surface area contributed by atoms with Crippen molar-refractivity contribution in [1.29, 1.82) is 0 Å². The Hall–Kier alpha value is -3.58. The Morgan fingerprint density at radius 3 is 2.39 bits per heavy atom. The molecule has 0 unspecified atom stereocenters. The monoisotopic (exact) mass is 431 g/mol. The second-order valence-corrected chi connectivity index (χ2v) is 7.99. The predicted octanol–water partition coefficient (Wildman–Crippen LogP) is 4.29. The number of carbonyl (C=O) groups excluding carboxylic acids is 3. The fraction of sp³-hybridized carbons (Fsp3) is 0.167. The fourth-order valence-electron chi connectivity index (χ4n) is 3.40. The van der Waals surface area contributed by atoms with Gasteiger partial charge in [0.25, 0.3) is 5.91 Å². The van der Waals surface area contributed by atoms with E-state index in [1.807, 2.05) is 35.7 Å². The first-order chi connectivity index (χ1) is 15.1. The highest BCUT2D eigenvalue weighted by atomic mass is 32.1. The third-order valence-electron chi connectivity index (χ3n) is 5.05. The molecule has 3 aromatic rings. The number of benzene rings is 2. The maximum absolute atomic E-state index is 13.2. The molecule has 0 bridgehead atoms. The van der Waals surface area contributed by atoms with Crippen LogP contribution in [-0.4, -0.2) is 34.2 Å².